The number of carbonyl (C=O) groups is 1. The SMILES string of the molecule is C#CCOC(C(=O)NC(C=CN)=Nc1ccc(OC)c(OC)c1)c1ccc(C)cc1. The van der Waals surface area contributed by atoms with Gasteiger partial charge in [0.2, 0.25) is 0 Å². The molecule has 0 radical (unpaired) electrons. The minimum absolute atomic E-state index is 0.0130. The number of amides is 1. The summed E-state index contributed by atoms with van der Waals surface area (Å²) in [6, 6.07) is 12.6. The van der Waals surface area contributed by atoms with Gasteiger partial charge in [0, 0.05) is 6.07 Å². The van der Waals surface area contributed by atoms with Gasteiger partial charge in [0.25, 0.3) is 5.91 Å². The van der Waals surface area contributed by atoms with E-state index in [1.54, 1.807) is 25.3 Å². The zero-order chi connectivity index (χ0) is 21.9. The van der Waals surface area contributed by atoms with Gasteiger partial charge >= 0.3 is 0 Å². The molecule has 0 aliphatic heterocycles. The Morgan fingerprint density at radius 2 is 1.90 bits per heavy atom. The fraction of sp³-hybridized carbons (Fsp3) is 0.217. The molecule has 0 aliphatic carbocycles. The molecule has 0 bridgehead atoms. The summed E-state index contributed by atoms with van der Waals surface area (Å²) >= 11 is 0. The van der Waals surface area contributed by atoms with Crippen molar-refractivity contribution in [2.24, 2.45) is 10.7 Å². The third-order valence-corrected chi connectivity index (χ3v) is 4.07. The molecular weight excluding hydrogens is 382 g/mol. The van der Waals surface area contributed by atoms with Crippen molar-refractivity contribution in [1.29, 1.82) is 0 Å². The third-order valence-electron chi connectivity index (χ3n) is 4.07. The molecule has 0 aliphatic rings. The number of nitrogens with two attached hydrogens (primary N) is 1. The summed E-state index contributed by atoms with van der Waals surface area (Å²) in [5.74, 6) is 3.27. The molecule has 7 heteroatoms. The van der Waals surface area contributed by atoms with Crippen molar-refractivity contribution >= 4 is 17.4 Å². The highest BCUT2D eigenvalue weighted by molar-refractivity contribution is 6.06. The van der Waals surface area contributed by atoms with Crippen LogP contribution in [0.3, 0.4) is 0 Å². The number of hydrogen-bond donors (Lipinski definition) is 2. The lowest BCUT2D eigenvalue weighted by Gasteiger charge is -2.17. The highest BCUT2D eigenvalue weighted by atomic mass is 16.5. The molecule has 3 N–H and O–H groups in total. The van der Waals surface area contributed by atoms with E-state index in [1.165, 1.54) is 19.4 Å². The maximum atomic E-state index is 12.9. The van der Waals surface area contributed by atoms with E-state index in [9.17, 15) is 4.79 Å². The van der Waals surface area contributed by atoms with Crippen LogP contribution in [0.2, 0.25) is 0 Å². The molecule has 2 aromatic carbocycles. The van der Waals surface area contributed by atoms with Crippen molar-refractivity contribution in [3.8, 4) is 23.8 Å². The quantitative estimate of drug-likeness (QED) is 0.398. The first kappa shape index (κ1) is 22.5. The number of carbonyl (C=O) groups excluding carboxylic acids is 1. The number of benzene rings is 2. The molecule has 0 fully saturated rings. The Morgan fingerprint density at radius 3 is 2.50 bits per heavy atom. The Hall–Kier alpha value is -3.76. The van der Waals surface area contributed by atoms with Crippen LogP contribution < -0.4 is 20.5 Å². The molecule has 0 heterocycles. The van der Waals surface area contributed by atoms with Crippen LogP contribution >= 0.6 is 0 Å². The van der Waals surface area contributed by atoms with Gasteiger partial charge in [0.15, 0.2) is 17.6 Å². The lowest BCUT2D eigenvalue weighted by Crippen LogP contribution is -2.35. The van der Waals surface area contributed by atoms with Crippen LogP contribution in [-0.2, 0) is 9.53 Å². The molecule has 2 aromatic rings. The average Bonchev–Trinajstić information content (AvgIpc) is 2.75. The first-order valence-corrected chi connectivity index (χ1v) is 9.13. The normalized spacial score (nSPS) is 12.3. The molecule has 0 spiro atoms. The smallest absolute Gasteiger partial charge is 0.259 e. The molecule has 2 rings (SSSR count). The Morgan fingerprint density at radius 1 is 1.20 bits per heavy atom. The fourth-order valence-corrected chi connectivity index (χ4v) is 2.62. The van der Waals surface area contributed by atoms with E-state index in [0.717, 1.165) is 5.56 Å². The van der Waals surface area contributed by atoms with E-state index < -0.39 is 12.0 Å². The first-order valence-electron chi connectivity index (χ1n) is 9.13. The largest absolute Gasteiger partial charge is 0.493 e. The second-order valence-corrected chi connectivity index (χ2v) is 6.19. The molecule has 1 atom stereocenters. The van der Waals surface area contributed by atoms with Crippen molar-refractivity contribution < 1.29 is 19.0 Å². The van der Waals surface area contributed by atoms with Gasteiger partial charge in [-0.2, -0.15) is 0 Å². The van der Waals surface area contributed by atoms with E-state index in [4.69, 9.17) is 26.4 Å². The number of methoxy groups -OCH3 is 2. The van der Waals surface area contributed by atoms with Crippen LogP contribution in [0.15, 0.2) is 59.7 Å². The van der Waals surface area contributed by atoms with E-state index in [2.05, 4.69) is 16.2 Å². The highest BCUT2D eigenvalue weighted by Crippen LogP contribution is 2.31. The van der Waals surface area contributed by atoms with Gasteiger partial charge in [0.1, 0.15) is 12.4 Å². The molecule has 1 unspecified atom stereocenters. The molecule has 0 aromatic heterocycles. The predicted molar refractivity (Wildman–Crippen MR) is 117 cm³/mol. The van der Waals surface area contributed by atoms with Crippen LogP contribution in [0.5, 0.6) is 11.5 Å². The summed E-state index contributed by atoms with van der Waals surface area (Å²) in [4.78, 5) is 17.4. The maximum Gasteiger partial charge on any atom is 0.259 e. The molecule has 0 saturated heterocycles. The maximum absolute atomic E-state index is 12.9. The third kappa shape index (κ3) is 6.12. The summed E-state index contributed by atoms with van der Waals surface area (Å²) < 4.78 is 16.1. The van der Waals surface area contributed by atoms with Gasteiger partial charge < -0.3 is 25.3 Å². The summed E-state index contributed by atoms with van der Waals surface area (Å²) in [6.45, 7) is 1.95. The number of nitrogens with zero attached hydrogens (tertiary/aromatic N) is 1. The first-order chi connectivity index (χ1) is 14.5. The van der Waals surface area contributed by atoms with Gasteiger partial charge in [-0.15, -0.1) is 6.42 Å². The molecule has 0 saturated carbocycles. The number of aryl methyl sites for hydroxylation is 1. The van der Waals surface area contributed by atoms with Crippen molar-refractivity contribution in [2.45, 2.75) is 13.0 Å². The molecule has 1 amide bonds. The highest BCUT2D eigenvalue weighted by Gasteiger charge is 2.22. The number of amidine groups is 1. The lowest BCUT2D eigenvalue weighted by molar-refractivity contribution is -0.130. The van der Waals surface area contributed by atoms with Gasteiger partial charge in [-0.1, -0.05) is 35.7 Å². The van der Waals surface area contributed by atoms with Gasteiger partial charge in [-0.05, 0) is 36.9 Å². The predicted octanol–water partition coefficient (Wildman–Crippen LogP) is 3.02. The lowest BCUT2D eigenvalue weighted by atomic mass is 10.1. The average molecular weight is 407 g/mol. The molecule has 7 nitrogen and oxygen atoms in total. The Balaban J connectivity index is 2.30. The Kier molecular flexibility index (Phi) is 8.48. The van der Waals surface area contributed by atoms with E-state index in [1.807, 2.05) is 31.2 Å². The van der Waals surface area contributed by atoms with E-state index >= 15 is 0 Å². The van der Waals surface area contributed by atoms with Gasteiger partial charge in [-0.25, -0.2) is 4.99 Å². The minimum Gasteiger partial charge on any atom is -0.493 e. The Labute approximate surface area is 176 Å². The van der Waals surface area contributed by atoms with E-state index in [-0.39, 0.29) is 12.4 Å². The van der Waals surface area contributed by atoms with Crippen molar-refractivity contribution in [3.63, 3.8) is 0 Å². The summed E-state index contributed by atoms with van der Waals surface area (Å²) in [5, 5.41) is 2.73. The van der Waals surface area contributed by atoms with Crippen molar-refractivity contribution in [3.05, 3.63) is 65.9 Å². The van der Waals surface area contributed by atoms with Gasteiger partial charge in [0.05, 0.1) is 19.9 Å². The standard InChI is InChI=1S/C23H25N3O4/c1-5-14-30-22(17-8-6-16(2)7-9-17)23(27)26-21(12-13-24)25-18-10-11-19(28-3)20(15-18)29-4/h1,6-13,15,22H,14,24H2,2-4H3,(H,25,26,27). The number of aliphatic imine (C=N–C) groups is 1. The number of nitrogens with one attached hydrogen (secondary N) is 1. The van der Waals surface area contributed by atoms with Crippen LogP contribution in [0.1, 0.15) is 17.2 Å². The zero-order valence-corrected chi connectivity index (χ0v) is 17.2. The van der Waals surface area contributed by atoms with Crippen molar-refractivity contribution in [1.82, 2.24) is 5.32 Å². The second kappa shape index (κ2) is 11.3. The molecule has 156 valence electrons. The van der Waals surface area contributed by atoms with Crippen LogP contribution in [0, 0.1) is 19.3 Å². The molecule has 30 heavy (non-hydrogen) atoms. The summed E-state index contributed by atoms with van der Waals surface area (Å²) in [7, 11) is 3.08. The fourth-order valence-electron chi connectivity index (χ4n) is 2.62. The van der Waals surface area contributed by atoms with E-state index in [0.29, 0.717) is 22.7 Å². The summed E-state index contributed by atoms with van der Waals surface area (Å²) in [5.41, 5.74) is 7.81. The number of rotatable bonds is 8. The van der Waals surface area contributed by atoms with Gasteiger partial charge in [-0.3, -0.25) is 4.79 Å². The minimum atomic E-state index is -0.900. The number of terminal acetylenes is 1. The number of hydrogen-bond acceptors (Lipinski definition) is 6. The van der Waals surface area contributed by atoms with Crippen LogP contribution in [0.25, 0.3) is 0 Å². The Bertz CT molecular complexity index is 959. The van der Waals surface area contributed by atoms with Crippen molar-refractivity contribution in [2.75, 3.05) is 20.8 Å². The van der Waals surface area contributed by atoms with Crippen LogP contribution in [0.4, 0.5) is 5.69 Å². The topological polar surface area (TPSA) is 95.2 Å². The van der Waals surface area contributed by atoms with Crippen LogP contribution in [-0.4, -0.2) is 32.6 Å². The monoisotopic (exact) mass is 407 g/mol. The zero-order valence-electron chi connectivity index (χ0n) is 17.2. The number of ether oxygens (including phenoxy) is 3. The molecular formula is C23H25N3O4. The summed E-state index contributed by atoms with van der Waals surface area (Å²) in [6.07, 6.45) is 7.16. The second-order valence-electron chi connectivity index (χ2n) is 6.19.